The number of nitriles is 1. The standard InChI is InChI=1S/C33H16N2O.C17H12N2O.C16H8O2.C2H6O.K.H2O/c1-34-22-11-5-9-20(16-22)28-31-26-15-7-14-25-24-13-4-3-8-19(24)18-27(30(25)26)32(31)29(33(28)36)21-10-6-12-23(17-21)35-2;1-19-16-8-6-14(7-9-16)11-17(20)10-13-2-4-15(12-18)5-3-13;17-15-12-7-3-6-11-10-5-2-1-4-9(10)8-13(14(11)12)16(15)18;1-2-3;;/h3-18H;2-9H,10-11H2;1-8H;3H,2H2,1H3;;1H2/q;;;;+1;/p-1. The second-order valence-corrected chi connectivity index (χ2v) is 18.4. The van der Waals surface area contributed by atoms with Gasteiger partial charge in [0.15, 0.2) is 22.8 Å². The molecule has 79 heavy (non-hydrogen) atoms. The molecule has 10 aromatic rings. The number of carbonyl (C=O) groups is 4. The van der Waals surface area contributed by atoms with Crippen LogP contribution in [-0.4, -0.2) is 40.3 Å². The Hall–Kier alpha value is -9.08. The number of aliphatic hydroxyl groups is 1. The van der Waals surface area contributed by atoms with Crippen LogP contribution in [0.15, 0.2) is 194 Å². The summed E-state index contributed by atoms with van der Waals surface area (Å²) < 4.78 is 0. The Morgan fingerprint density at radius 3 is 1.39 bits per heavy atom. The van der Waals surface area contributed by atoms with Gasteiger partial charge >= 0.3 is 51.4 Å². The van der Waals surface area contributed by atoms with Gasteiger partial charge in [-0.3, -0.25) is 19.2 Å². The van der Waals surface area contributed by atoms with Crippen molar-refractivity contribution in [2.24, 2.45) is 0 Å². The van der Waals surface area contributed by atoms with Crippen LogP contribution in [0.4, 0.5) is 17.1 Å². The largest absolute Gasteiger partial charge is 1.00 e. The van der Waals surface area contributed by atoms with Gasteiger partial charge in [-0.2, -0.15) is 5.26 Å². The zero-order valence-electron chi connectivity index (χ0n) is 42.9. The molecule has 0 radical (unpaired) electrons. The molecule has 372 valence electrons. The van der Waals surface area contributed by atoms with Crippen LogP contribution in [0.5, 0.6) is 0 Å². The van der Waals surface area contributed by atoms with Crippen molar-refractivity contribution in [3.05, 3.63) is 278 Å². The van der Waals surface area contributed by atoms with Gasteiger partial charge in [-0.1, -0.05) is 158 Å². The van der Waals surface area contributed by atoms with Crippen LogP contribution in [0, 0.1) is 31.0 Å². The number of rotatable bonds is 6. The van der Waals surface area contributed by atoms with E-state index in [1.807, 2.05) is 91.0 Å². The Kier molecular flexibility index (Phi) is 17.4. The van der Waals surface area contributed by atoms with Crippen LogP contribution in [0.3, 0.4) is 0 Å². The van der Waals surface area contributed by atoms with Crippen molar-refractivity contribution in [3.63, 3.8) is 0 Å². The maximum absolute atomic E-state index is 14.2. The zero-order valence-corrected chi connectivity index (χ0v) is 46.0. The predicted molar refractivity (Wildman–Crippen MR) is 307 cm³/mol. The SMILES string of the molecule is CCO.O=C1C(=O)c2cc3ccccc3c3cccc1c23.[C-]#[N+]c1ccc(CC(=O)Cc2ccc(C#N)cc2)cc1.[C-]#[N+]c1cccc(C2=C3C(=C(c4cccc([N+]#[C-])c4)C2=O)c2cc4ccccc4c4cccc3c24)c1.[K+].[OH-]. The molecule has 0 saturated carbocycles. The van der Waals surface area contributed by atoms with E-state index in [1.165, 1.54) is 5.39 Å². The maximum atomic E-state index is 14.2. The second kappa shape index (κ2) is 24.5. The summed E-state index contributed by atoms with van der Waals surface area (Å²) >= 11 is 0. The molecule has 0 amide bonds. The number of hydrogen-bond acceptors (Lipinski definition) is 7. The van der Waals surface area contributed by atoms with E-state index in [-0.39, 0.29) is 86.6 Å². The minimum absolute atomic E-state index is 0. The van der Waals surface area contributed by atoms with Crippen LogP contribution in [0.1, 0.15) is 66.6 Å². The maximum Gasteiger partial charge on any atom is 1.00 e. The number of allylic oxidation sites excluding steroid dienone is 4. The molecule has 10 aromatic carbocycles. The molecular weight excluding hydrogens is 1010 g/mol. The minimum atomic E-state index is -0.383. The molecule has 13 rings (SSSR count). The van der Waals surface area contributed by atoms with Crippen LogP contribution in [0.2, 0.25) is 0 Å². The predicted octanol–water partition coefficient (Wildman–Crippen LogP) is 12.2. The number of ketones is 4. The first kappa shape index (κ1) is 56.1. The van der Waals surface area contributed by atoms with Crippen molar-refractivity contribution in [1.82, 2.24) is 0 Å². The minimum Gasteiger partial charge on any atom is -0.870 e. The number of Topliss-reactive ketones (excluding diaryl/α,β-unsaturated/α-hetero) is 4. The van der Waals surface area contributed by atoms with Gasteiger partial charge in [-0.15, -0.1) is 0 Å². The number of nitrogens with zero attached hydrogens (tertiary/aromatic N) is 4. The molecular formula is C68H43KN4O6. The third kappa shape index (κ3) is 10.8. The number of carbonyl (C=O) groups excluding carboxylic acids is 4. The molecule has 11 heteroatoms. The van der Waals surface area contributed by atoms with Gasteiger partial charge in [0.2, 0.25) is 11.6 Å². The van der Waals surface area contributed by atoms with E-state index in [9.17, 15) is 19.2 Å². The zero-order chi connectivity index (χ0) is 53.7. The van der Waals surface area contributed by atoms with Crippen molar-refractivity contribution in [3.8, 4) is 6.07 Å². The van der Waals surface area contributed by atoms with Crippen molar-refractivity contribution < 1.29 is 81.1 Å². The van der Waals surface area contributed by atoms with Gasteiger partial charge in [0, 0.05) is 58.3 Å². The molecule has 0 aromatic heterocycles. The van der Waals surface area contributed by atoms with Crippen LogP contribution in [-0.2, 0) is 22.4 Å². The van der Waals surface area contributed by atoms with Gasteiger partial charge in [0.05, 0.1) is 31.3 Å². The van der Waals surface area contributed by atoms with Gasteiger partial charge in [0.1, 0.15) is 5.78 Å². The number of fused-ring (bicyclic) bond motifs is 7. The molecule has 0 spiro atoms. The van der Waals surface area contributed by atoms with Gasteiger partial charge in [0.25, 0.3) is 0 Å². The van der Waals surface area contributed by atoms with Crippen molar-refractivity contribution >= 4 is 106 Å². The molecule has 3 aliphatic carbocycles. The van der Waals surface area contributed by atoms with E-state index in [2.05, 4.69) is 57.0 Å². The second-order valence-electron chi connectivity index (χ2n) is 18.4. The fourth-order valence-corrected chi connectivity index (χ4v) is 10.4. The fourth-order valence-electron chi connectivity index (χ4n) is 10.4. The molecule has 10 nitrogen and oxygen atoms in total. The van der Waals surface area contributed by atoms with E-state index < -0.39 is 0 Å². The Morgan fingerprint density at radius 2 is 0.886 bits per heavy atom. The third-order valence-electron chi connectivity index (χ3n) is 13.7. The molecule has 0 atom stereocenters. The number of benzene rings is 10. The monoisotopic (exact) mass is 1050 g/mol. The molecule has 0 saturated heterocycles. The van der Waals surface area contributed by atoms with E-state index in [4.69, 9.17) is 30.1 Å². The molecule has 0 unspecified atom stereocenters. The summed E-state index contributed by atoms with van der Waals surface area (Å²) in [5.74, 6) is -0.719. The molecule has 0 heterocycles. The van der Waals surface area contributed by atoms with Crippen molar-refractivity contribution in [2.75, 3.05) is 6.61 Å². The molecule has 3 aliphatic rings. The summed E-state index contributed by atoms with van der Waals surface area (Å²) in [5, 5.41) is 24.8. The smallest absolute Gasteiger partial charge is 0.870 e. The van der Waals surface area contributed by atoms with Crippen LogP contribution < -0.4 is 51.4 Å². The average Bonchev–Trinajstić information content (AvgIpc) is 3.03. The van der Waals surface area contributed by atoms with Gasteiger partial charge < -0.3 is 10.6 Å². The molecule has 0 bridgehead atoms. The number of hydrogen-bond donors (Lipinski definition) is 1. The first-order valence-corrected chi connectivity index (χ1v) is 24.7. The molecule has 2 N–H and O–H groups in total. The summed E-state index contributed by atoms with van der Waals surface area (Å²) in [6.07, 6.45) is 0.717. The topological polar surface area (TPSA) is 155 Å². The van der Waals surface area contributed by atoms with E-state index in [0.717, 1.165) is 82.2 Å². The van der Waals surface area contributed by atoms with Crippen molar-refractivity contribution in [2.45, 2.75) is 19.8 Å². The Balaban J connectivity index is 0.000000163. The first-order valence-electron chi connectivity index (χ1n) is 24.7. The fraction of sp³-hybridized carbons (Fsp3) is 0.0588. The summed E-state index contributed by atoms with van der Waals surface area (Å²) in [5.41, 5.74) is 11.7. The van der Waals surface area contributed by atoms with Gasteiger partial charge in [-0.05, 0) is 114 Å². The van der Waals surface area contributed by atoms with Crippen molar-refractivity contribution in [1.29, 1.82) is 5.26 Å². The average molecular weight is 1050 g/mol. The van der Waals surface area contributed by atoms with Gasteiger partial charge in [-0.25, -0.2) is 14.5 Å². The Morgan fingerprint density at radius 1 is 0.468 bits per heavy atom. The normalized spacial score (nSPS) is 12.1. The Labute approximate surface area is 498 Å². The summed E-state index contributed by atoms with van der Waals surface area (Å²) in [7, 11) is 0. The van der Waals surface area contributed by atoms with E-state index in [1.54, 1.807) is 73.7 Å². The van der Waals surface area contributed by atoms with Crippen LogP contribution in [0.25, 0.3) is 79.9 Å². The number of aliphatic hydroxyl groups excluding tert-OH is 1. The third-order valence-corrected chi connectivity index (χ3v) is 13.7. The summed E-state index contributed by atoms with van der Waals surface area (Å²) in [6, 6.07) is 62.8. The van der Waals surface area contributed by atoms with Crippen LogP contribution >= 0.6 is 0 Å². The quantitative estimate of drug-likeness (QED) is 0.0752. The van der Waals surface area contributed by atoms with E-state index in [0.29, 0.717) is 57.7 Å². The first-order chi connectivity index (χ1) is 37.6. The molecule has 0 aliphatic heterocycles. The summed E-state index contributed by atoms with van der Waals surface area (Å²) in [6.45, 7) is 23.8. The summed E-state index contributed by atoms with van der Waals surface area (Å²) in [4.78, 5) is 60.6. The Bertz CT molecular complexity index is 4330. The van der Waals surface area contributed by atoms with E-state index >= 15 is 0 Å². The molecule has 0 fully saturated rings.